The van der Waals surface area contributed by atoms with Gasteiger partial charge in [0.25, 0.3) is 5.91 Å². The largest absolute Gasteiger partial charge is 0.434 e. The number of hydrogen-bond acceptors (Lipinski definition) is 3. The molecule has 5 nitrogen and oxygen atoms in total. The highest BCUT2D eigenvalue weighted by molar-refractivity contribution is 5.95. The molecule has 0 aliphatic rings. The fourth-order valence-corrected chi connectivity index (χ4v) is 2.25. The predicted octanol–water partition coefficient (Wildman–Crippen LogP) is 2.49. The Morgan fingerprint density at radius 3 is 2.46 bits per heavy atom. The molecule has 0 bridgehead atoms. The molecule has 0 saturated heterocycles. The van der Waals surface area contributed by atoms with Crippen molar-refractivity contribution in [3.05, 3.63) is 47.3 Å². The normalized spacial score (nSPS) is 11.6. The summed E-state index contributed by atoms with van der Waals surface area (Å²) in [6.07, 6.45) is -3.73. The molecule has 0 radical (unpaired) electrons. The molecule has 2 aromatic rings. The number of likely N-dealkylation sites (N-methyl/N-ethyl adjacent to an activating group) is 2. The molecule has 0 aliphatic carbocycles. The average molecular weight is 340 g/mol. The second-order valence-electron chi connectivity index (χ2n) is 5.48. The maximum atomic E-state index is 13.5. The number of aromatic nitrogens is 2. The van der Waals surface area contributed by atoms with Gasteiger partial charge in [0.15, 0.2) is 5.69 Å². The first kappa shape index (κ1) is 18.0. The van der Waals surface area contributed by atoms with Crippen molar-refractivity contribution in [2.45, 2.75) is 13.1 Å². The van der Waals surface area contributed by atoms with Crippen molar-refractivity contribution in [1.82, 2.24) is 20.0 Å². The quantitative estimate of drug-likeness (QED) is 0.910. The van der Waals surface area contributed by atoms with Crippen LogP contribution < -0.4 is 5.32 Å². The molecule has 0 saturated carbocycles. The van der Waals surface area contributed by atoms with Crippen LogP contribution in [0.5, 0.6) is 0 Å². The molecule has 1 aromatic carbocycles. The Morgan fingerprint density at radius 1 is 1.29 bits per heavy atom. The van der Waals surface area contributed by atoms with E-state index in [1.807, 2.05) is 6.92 Å². The number of rotatable bonds is 5. The predicted molar refractivity (Wildman–Crippen MR) is 84.2 cm³/mol. The molecule has 1 aromatic heterocycles. The van der Waals surface area contributed by atoms with Gasteiger partial charge in [0.05, 0.1) is 17.4 Å². The van der Waals surface area contributed by atoms with Crippen LogP contribution in [-0.2, 0) is 6.18 Å². The van der Waals surface area contributed by atoms with Crippen molar-refractivity contribution < 1.29 is 18.0 Å². The van der Waals surface area contributed by atoms with Crippen LogP contribution in [0.4, 0.5) is 13.2 Å². The van der Waals surface area contributed by atoms with Crippen molar-refractivity contribution in [2.24, 2.45) is 0 Å². The fraction of sp³-hybridized carbons (Fsp3) is 0.375. The minimum atomic E-state index is -4.70. The number of aryl methyl sites for hydroxylation is 1. The summed E-state index contributed by atoms with van der Waals surface area (Å²) < 4.78 is 41.4. The molecule has 0 atom stereocenters. The summed E-state index contributed by atoms with van der Waals surface area (Å²) in [7, 11) is 3.16. The lowest BCUT2D eigenvalue weighted by atomic mass is 10.2. The van der Waals surface area contributed by atoms with Gasteiger partial charge in [0.1, 0.15) is 0 Å². The average Bonchev–Trinajstić information content (AvgIpc) is 2.97. The van der Waals surface area contributed by atoms with Crippen LogP contribution in [0.25, 0.3) is 5.69 Å². The number of amides is 1. The van der Waals surface area contributed by atoms with E-state index in [0.29, 0.717) is 13.1 Å². The first-order chi connectivity index (χ1) is 11.3. The van der Waals surface area contributed by atoms with Crippen molar-refractivity contribution in [3.8, 4) is 5.69 Å². The number of alkyl halides is 3. The van der Waals surface area contributed by atoms with Gasteiger partial charge >= 0.3 is 6.18 Å². The lowest BCUT2D eigenvalue weighted by molar-refractivity contribution is -0.143. The van der Waals surface area contributed by atoms with Crippen molar-refractivity contribution in [1.29, 1.82) is 0 Å². The monoisotopic (exact) mass is 340 g/mol. The molecule has 130 valence electrons. The summed E-state index contributed by atoms with van der Waals surface area (Å²) >= 11 is 0. The summed E-state index contributed by atoms with van der Waals surface area (Å²) in [5, 5.41) is 6.65. The summed E-state index contributed by atoms with van der Waals surface area (Å²) in [6.45, 7) is 2.61. The zero-order valence-electron chi connectivity index (χ0n) is 13.7. The lowest BCUT2D eigenvalue weighted by Gasteiger charge is -2.18. The van der Waals surface area contributed by atoms with Crippen LogP contribution in [0.1, 0.15) is 21.6 Å². The zero-order chi connectivity index (χ0) is 17.9. The molecule has 0 fully saturated rings. The molecule has 2 rings (SSSR count). The Morgan fingerprint density at radius 2 is 1.92 bits per heavy atom. The summed E-state index contributed by atoms with van der Waals surface area (Å²) in [4.78, 5) is 13.6. The van der Waals surface area contributed by atoms with E-state index >= 15 is 0 Å². The standard InChI is InChI=1S/C16H19F3N4O/c1-11-4-6-12(7-5-11)23-14(16(17,18)19)13(10-21-23)15(24)22(3)9-8-20-2/h4-7,10,20H,8-9H2,1-3H3. The van der Waals surface area contributed by atoms with Crippen LogP contribution in [-0.4, -0.2) is 47.8 Å². The van der Waals surface area contributed by atoms with E-state index in [0.717, 1.165) is 16.4 Å². The van der Waals surface area contributed by atoms with E-state index in [9.17, 15) is 18.0 Å². The third kappa shape index (κ3) is 3.76. The number of nitrogens with zero attached hydrogens (tertiary/aromatic N) is 3. The van der Waals surface area contributed by atoms with Gasteiger partial charge in [-0.15, -0.1) is 0 Å². The topological polar surface area (TPSA) is 50.2 Å². The molecule has 0 spiro atoms. The van der Waals surface area contributed by atoms with Gasteiger partial charge in [-0.3, -0.25) is 4.79 Å². The zero-order valence-corrected chi connectivity index (χ0v) is 13.7. The van der Waals surface area contributed by atoms with Crippen LogP contribution >= 0.6 is 0 Å². The van der Waals surface area contributed by atoms with Gasteiger partial charge in [0.2, 0.25) is 0 Å². The van der Waals surface area contributed by atoms with Gasteiger partial charge in [-0.1, -0.05) is 17.7 Å². The van der Waals surface area contributed by atoms with Crippen LogP contribution in [0.15, 0.2) is 30.5 Å². The van der Waals surface area contributed by atoms with Gasteiger partial charge in [0, 0.05) is 20.1 Å². The molecule has 1 amide bonds. The Hall–Kier alpha value is -2.35. The minimum absolute atomic E-state index is 0.254. The maximum Gasteiger partial charge on any atom is 0.434 e. The Labute approximate surface area is 138 Å². The summed E-state index contributed by atoms with van der Waals surface area (Å²) in [5.74, 6) is -0.712. The number of nitrogens with one attached hydrogen (secondary N) is 1. The fourth-order valence-electron chi connectivity index (χ4n) is 2.25. The van der Waals surface area contributed by atoms with Gasteiger partial charge < -0.3 is 10.2 Å². The minimum Gasteiger partial charge on any atom is -0.340 e. The third-order valence-electron chi connectivity index (χ3n) is 3.59. The molecule has 24 heavy (non-hydrogen) atoms. The molecule has 0 aliphatic heterocycles. The van der Waals surface area contributed by atoms with Crippen LogP contribution in [0.2, 0.25) is 0 Å². The number of carbonyl (C=O) groups is 1. The van der Waals surface area contributed by atoms with E-state index in [1.165, 1.54) is 24.1 Å². The second kappa shape index (κ2) is 7.04. The highest BCUT2D eigenvalue weighted by atomic mass is 19.4. The lowest BCUT2D eigenvalue weighted by Crippen LogP contribution is -2.34. The van der Waals surface area contributed by atoms with Crippen molar-refractivity contribution in [3.63, 3.8) is 0 Å². The van der Waals surface area contributed by atoms with Crippen LogP contribution in [0, 0.1) is 6.92 Å². The summed E-state index contributed by atoms with van der Waals surface area (Å²) in [6, 6.07) is 6.46. The first-order valence-electron chi connectivity index (χ1n) is 7.38. The Balaban J connectivity index is 2.47. The Bertz CT molecular complexity index is 707. The SMILES string of the molecule is CNCCN(C)C(=O)c1cnn(-c2ccc(C)cc2)c1C(F)(F)F. The maximum absolute atomic E-state index is 13.5. The number of carbonyl (C=O) groups excluding carboxylic acids is 1. The summed E-state index contributed by atoms with van der Waals surface area (Å²) in [5.41, 5.74) is -0.346. The van der Waals surface area contributed by atoms with E-state index < -0.39 is 23.3 Å². The van der Waals surface area contributed by atoms with E-state index in [2.05, 4.69) is 10.4 Å². The van der Waals surface area contributed by atoms with E-state index in [4.69, 9.17) is 0 Å². The van der Waals surface area contributed by atoms with Gasteiger partial charge in [-0.05, 0) is 26.1 Å². The number of hydrogen-bond donors (Lipinski definition) is 1. The molecule has 1 N–H and O–H groups in total. The van der Waals surface area contributed by atoms with Crippen molar-refractivity contribution >= 4 is 5.91 Å². The van der Waals surface area contributed by atoms with Crippen LogP contribution in [0.3, 0.4) is 0 Å². The van der Waals surface area contributed by atoms with E-state index in [-0.39, 0.29) is 5.69 Å². The highest BCUT2D eigenvalue weighted by Crippen LogP contribution is 2.34. The highest BCUT2D eigenvalue weighted by Gasteiger charge is 2.41. The molecule has 0 unspecified atom stereocenters. The molecular weight excluding hydrogens is 321 g/mol. The number of benzene rings is 1. The van der Waals surface area contributed by atoms with E-state index in [1.54, 1.807) is 19.2 Å². The molecular formula is C16H19F3N4O. The molecule has 8 heteroatoms. The van der Waals surface area contributed by atoms with Gasteiger partial charge in [-0.25, -0.2) is 4.68 Å². The Kier molecular flexibility index (Phi) is 5.28. The number of halogens is 3. The van der Waals surface area contributed by atoms with Gasteiger partial charge in [-0.2, -0.15) is 18.3 Å². The third-order valence-corrected chi connectivity index (χ3v) is 3.59. The smallest absolute Gasteiger partial charge is 0.340 e. The second-order valence-corrected chi connectivity index (χ2v) is 5.48. The molecule has 1 heterocycles. The first-order valence-corrected chi connectivity index (χ1v) is 7.38. The van der Waals surface area contributed by atoms with Crippen molar-refractivity contribution in [2.75, 3.05) is 27.2 Å².